The first-order chi connectivity index (χ1) is 6.05. The van der Waals surface area contributed by atoms with E-state index in [0.29, 0.717) is 12.8 Å². The summed E-state index contributed by atoms with van der Waals surface area (Å²) >= 11 is 0. The van der Waals surface area contributed by atoms with E-state index >= 15 is 0 Å². The summed E-state index contributed by atoms with van der Waals surface area (Å²) in [6, 6.07) is -1.52. The lowest BCUT2D eigenvalue weighted by Crippen LogP contribution is -2.51. The van der Waals surface area contributed by atoms with Gasteiger partial charge in [-0.15, -0.1) is 12.4 Å². The average Bonchev–Trinajstić information content (AvgIpc) is 2.05. The first-order valence-electron chi connectivity index (χ1n) is 4.58. The number of hydrogen-bond acceptors (Lipinski definition) is 2. The van der Waals surface area contributed by atoms with Crippen molar-refractivity contribution in [2.45, 2.75) is 44.3 Å². The molecule has 1 atom stereocenters. The van der Waals surface area contributed by atoms with Gasteiger partial charge >= 0.3 is 6.18 Å². The van der Waals surface area contributed by atoms with E-state index in [4.69, 9.17) is 5.84 Å². The molecular formula is C8H16ClF3N2. The molecule has 0 saturated heterocycles. The summed E-state index contributed by atoms with van der Waals surface area (Å²) in [6.45, 7) is 0. The molecular weight excluding hydrogens is 217 g/mol. The molecule has 0 amide bonds. The fourth-order valence-electron chi connectivity index (χ4n) is 1.97. The highest BCUT2D eigenvalue weighted by molar-refractivity contribution is 5.85. The zero-order valence-corrected chi connectivity index (χ0v) is 8.63. The first-order valence-corrected chi connectivity index (χ1v) is 4.58. The van der Waals surface area contributed by atoms with E-state index in [2.05, 4.69) is 0 Å². The summed E-state index contributed by atoms with van der Waals surface area (Å²) in [5, 5.41) is 0. The van der Waals surface area contributed by atoms with Crippen LogP contribution in [0.5, 0.6) is 0 Å². The van der Waals surface area contributed by atoms with Gasteiger partial charge in [-0.2, -0.15) is 13.2 Å². The van der Waals surface area contributed by atoms with Crippen LogP contribution in [0, 0.1) is 5.92 Å². The number of hydrazine groups is 1. The lowest BCUT2D eigenvalue weighted by atomic mass is 9.84. The highest BCUT2D eigenvalue weighted by Gasteiger charge is 2.43. The average molecular weight is 233 g/mol. The van der Waals surface area contributed by atoms with Crippen LogP contribution in [0.25, 0.3) is 0 Å². The predicted molar refractivity (Wildman–Crippen MR) is 51.0 cm³/mol. The van der Waals surface area contributed by atoms with Crippen molar-refractivity contribution in [1.82, 2.24) is 5.43 Å². The largest absolute Gasteiger partial charge is 0.405 e. The molecule has 0 spiro atoms. The second-order valence-electron chi connectivity index (χ2n) is 3.58. The molecule has 6 heteroatoms. The van der Waals surface area contributed by atoms with Gasteiger partial charge in [-0.1, -0.05) is 19.3 Å². The van der Waals surface area contributed by atoms with Crippen LogP contribution in [0.15, 0.2) is 0 Å². The van der Waals surface area contributed by atoms with Crippen molar-refractivity contribution < 1.29 is 13.2 Å². The number of nitrogens with one attached hydrogen (secondary N) is 1. The number of alkyl halides is 3. The predicted octanol–water partition coefficient (Wildman–Crippen LogP) is 2.38. The third-order valence-electron chi connectivity index (χ3n) is 2.65. The Kier molecular flexibility index (Phi) is 5.78. The molecule has 0 bridgehead atoms. The van der Waals surface area contributed by atoms with Crippen molar-refractivity contribution in [3.63, 3.8) is 0 Å². The Morgan fingerprint density at radius 2 is 1.64 bits per heavy atom. The molecule has 0 aromatic carbocycles. The van der Waals surface area contributed by atoms with Crippen LogP contribution in [-0.4, -0.2) is 12.2 Å². The van der Waals surface area contributed by atoms with Gasteiger partial charge in [-0.3, -0.25) is 5.84 Å². The van der Waals surface area contributed by atoms with Crippen molar-refractivity contribution in [3.8, 4) is 0 Å². The number of nitrogens with two attached hydrogens (primary N) is 1. The molecule has 0 aromatic heterocycles. The van der Waals surface area contributed by atoms with Gasteiger partial charge in [0.05, 0.1) is 0 Å². The number of halogens is 4. The minimum absolute atomic E-state index is 0. The maximum Gasteiger partial charge on any atom is 0.405 e. The van der Waals surface area contributed by atoms with Crippen LogP contribution >= 0.6 is 12.4 Å². The highest BCUT2D eigenvalue weighted by atomic mass is 35.5. The van der Waals surface area contributed by atoms with E-state index in [9.17, 15) is 13.2 Å². The third-order valence-corrected chi connectivity index (χ3v) is 2.65. The van der Waals surface area contributed by atoms with Crippen LogP contribution in [0.1, 0.15) is 32.1 Å². The zero-order valence-electron chi connectivity index (χ0n) is 7.81. The minimum atomic E-state index is -4.21. The smallest absolute Gasteiger partial charge is 0.271 e. The summed E-state index contributed by atoms with van der Waals surface area (Å²) in [4.78, 5) is 0. The topological polar surface area (TPSA) is 38.0 Å². The van der Waals surface area contributed by atoms with Gasteiger partial charge in [0.15, 0.2) is 0 Å². The van der Waals surface area contributed by atoms with Crippen molar-refractivity contribution in [2.75, 3.05) is 0 Å². The number of hydrogen-bond donors (Lipinski definition) is 2. The lowest BCUT2D eigenvalue weighted by molar-refractivity contribution is -0.170. The molecule has 0 radical (unpaired) electrons. The van der Waals surface area contributed by atoms with Gasteiger partial charge in [0.2, 0.25) is 0 Å². The molecule has 1 rings (SSSR count). The van der Waals surface area contributed by atoms with Crippen LogP contribution in [0.4, 0.5) is 13.2 Å². The Morgan fingerprint density at radius 1 is 1.14 bits per heavy atom. The molecule has 1 unspecified atom stereocenters. The number of rotatable bonds is 2. The van der Waals surface area contributed by atoms with Crippen molar-refractivity contribution >= 4 is 12.4 Å². The van der Waals surface area contributed by atoms with Gasteiger partial charge < -0.3 is 0 Å². The molecule has 1 fully saturated rings. The Bertz CT molecular complexity index is 157. The maximum absolute atomic E-state index is 12.4. The van der Waals surface area contributed by atoms with E-state index < -0.39 is 12.2 Å². The van der Waals surface area contributed by atoms with Gasteiger partial charge in [0.1, 0.15) is 6.04 Å². The van der Waals surface area contributed by atoms with E-state index in [1.54, 1.807) is 0 Å². The van der Waals surface area contributed by atoms with Crippen LogP contribution in [0.3, 0.4) is 0 Å². The van der Waals surface area contributed by atoms with E-state index in [0.717, 1.165) is 19.3 Å². The van der Waals surface area contributed by atoms with Gasteiger partial charge in [-0.25, -0.2) is 5.43 Å². The van der Waals surface area contributed by atoms with E-state index in [-0.39, 0.29) is 18.3 Å². The van der Waals surface area contributed by atoms with Gasteiger partial charge in [-0.05, 0) is 18.8 Å². The van der Waals surface area contributed by atoms with Crippen molar-refractivity contribution in [2.24, 2.45) is 11.8 Å². The second-order valence-corrected chi connectivity index (χ2v) is 3.58. The Hall–Kier alpha value is -0.0000000000000000555. The molecule has 2 nitrogen and oxygen atoms in total. The Balaban J connectivity index is 0.00000169. The monoisotopic (exact) mass is 232 g/mol. The lowest BCUT2D eigenvalue weighted by Gasteiger charge is -2.30. The standard InChI is InChI=1S/C8H15F3N2.ClH/c9-8(10,11)7(13-12)6-4-2-1-3-5-6;/h6-7,13H,1-5,12H2;1H. The minimum Gasteiger partial charge on any atom is -0.271 e. The summed E-state index contributed by atoms with van der Waals surface area (Å²) in [5.74, 6) is 4.59. The SMILES string of the molecule is Cl.NNC(C1CCCCC1)C(F)(F)F. The fraction of sp³-hybridized carbons (Fsp3) is 1.00. The van der Waals surface area contributed by atoms with E-state index in [1.807, 2.05) is 5.43 Å². The van der Waals surface area contributed by atoms with Crippen molar-refractivity contribution in [1.29, 1.82) is 0 Å². The summed E-state index contributed by atoms with van der Waals surface area (Å²) in [6.07, 6.45) is -0.122. The van der Waals surface area contributed by atoms with Crippen molar-refractivity contribution in [3.05, 3.63) is 0 Å². The quantitative estimate of drug-likeness (QED) is 0.567. The maximum atomic E-state index is 12.4. The third kappa shape index (κ3) is 3.63. The second kappa shape index (κ2) is 5.78. The summed E-state index contributed by atoms with van der Waals surface area (Å²) < 4.78 is 37.1. The normalized spacial score (nSPS) is 21.4. The molecule has 3 N–H and O–H groups in total. The Morgan fingerprint density at radius 3 is 2.00 bits per heavy atom. The summed E-state index contributed by atoms with van der Waals surface area (Å²) in [7, 11) is 0. The van der Waals surface area contributed by atoms with Crippen LogP contribution in [-0.2, 0) is 0 Å². The molecule has 1 aliphatic rings. The van der Waals surface area contributed by atoms with Crippen LogP contribution in [0.2, 0.25) is 0 Å². The molecule has 0 heterocycles. The molecule has 1 aliphatic carbocycles. The molecule has 86 valence electrons. The Labute approximate surface area is 87.8 Å². The van der Waals surface area contributed by atoms with Gasteiger partial charge in [0, 0.05) is 0 Å². The van der Waals surface area contributed by atoms with Crippen LogP contribution < -0.4 is 11.3 Å². The summed E-state index contributed by atoms with van der Waals surface area (Å²) in [5.41, 5.74) is 1.89. The molecule has 1 saturated carbocycles. The van der Waals surface area contributed by atoms with E-state index in [1.165, 1.54) is 0 Å². The molecule has 14 heavy (non-hydrogen) atoms. The first kappa shape index (κ1) is 14.0. The zero-order chi connectivity index (χ0) is 9.90. The fourth-order valence-corrected chi connectivity index (χ4v) is 1.97. The molecule has 0 aliphatic heterocycles. The highest BCUT2D eigenvalue weighted by Crippen LogP contribution is 2.33. The van der Waals surface area contributed by atoms with Gasteiger partial charge in [0.25, 0.3) is 0 Å². The molecule has 0 aromatic rings.